The molecule has 1 aliphatic rings. The average molecular weight is 481 g/mol. The van der Waals surface area contributed by atoms with Gasteiger partial charge in [0.05, 0.1) is 30.5 Å². The largest absolute Gasteiger partial charge is 0.497 e. The van der Waals surface area contributed by atoms with E-state index in [4.69, 9.17) is 9.15 Å². The molecule has 174 valence electrons. The fourth-order valence-corrected chi connectivity index (χ4v) is 4.43. The highest BCUT2D eigenvalue weighted by Crippen LogP contribution is 2.33. The second kappa shape index (κ2) is 10.2. The Morgan fingerprint density at radius 1 is 1.24 bits per heavy atom. The number of amides is 2. The molecule has 1 N–H and O–H groups in total. The number of nitrogens with zero attached hydrogens (tertiary/aromatic N) is 3. The number of methoxy groups -OCH3 is 1. The summed E-state index contributed by atoms with van der Waals surface area (Å²) in [4.78, 5) is 42.3. The highest BCUT2D eigenvalue weighted by molar-refractivity contribution is 8.15. The van der Waals surface area contributed by atoms with Gasteiger partial charge in [0.1, 0.15) is 16.8 Å². The summed E-state index contributed by atoms with van der Waals surface area (Å²) >= 11 is 1.18. The first-order valence-electron chi connectivity index (χ1n) is 10.2. The van der Waals surface area contributed by atoms with Crippen LogP contribution in [0.3, 0.4) is 0 Å². The number of amidine groups is 1. The molecule has 1 atom stereocenters. The van der Waals surface area contributed by atoms with E-state index in [9.17, 15) is 19.7 Å². The van der Waals surface area contributed by atoms with Crippen LogP contribution in [0, 0.1) is 10.1 Å². The quantitative estimate of drug-likeness (QED) is 0.375. The first-order valence-corrected chi connectivity index (χ1v) is 11.1. The number of aliphatic imine (C=N–C) groups is 1. The van der Waals surface area contributed by atoms with Gasteiger partial charge in [-0.3, -0.25) is 24.6 Å². The van der Waals surface area contributed by atoms with Crippen molar-refractivity contribution in [2.75, 3.05) is 12.4 Å². The van der Waals surface area contributed by atoms with E-state index in [1.165, 1.54) is 41.1 Å². The molecule has 3 aromatic rings. The number of nitro benzene ring substituents is 1. The number of furan rings is 1. The molecule has 0 radical (unpaired) electrons. The summed E-state index contributed by atoms with van der Waals surface area (Å²) in [7, 11) is 1.57. The fourth-order valence-electron chi connectivity index (χ4n) is 3.27. The lowest BCUT2D eigenvalue weighted by Crippen LogP contribution is -2.33. The molecule has 1 fully saturated rings. The topological polar surface area (TPSA) is 127 Å². The number of thioether (sulfide) groups is 1. The van der Waals surface area contributed by atoms with E-state index in [1.807, 2.05) is 0 Å². The van der Waals surface area contributed by atoms with Crippen molar-refractivity contribution in [3.05, 3.63) is 82.8 Å². The molecule has 4 rings (SSSR count). The van der Waals surface area contributed by atoms with E-state index < -0.39 is 16.1 Å². The number of anilines is 1. The van der Waals surface area contributed by atoms with Gasteiger partial charge >= 0.3 is 0 Å². The van der Waals surface area contributed by atoms with Crippen LogP contribution < -0.4 is 10.1 Å². The van der Waals surface area contributed by atoms with Crippen LogP contribution in [0.4, 0.5) is 17.1 Å². The summed E-state index contributed by atoms with van der Waals surface area (Å²) in [5.74, 6) is 0.554. The maximum atomic E-state index is 13.2. The third kappa shape index (κ3) is 5.44. The fraction of sp³-hybridized carbons (Fsp3) is 0.174. The SMILES string of the molecule is COc1ccc(N=C2SC(CC(=O)Nc3cccc([N+](=O)[O-])c3)C(=O)N2Cc2ccco2)cc1. The normalized spacial score (nSPS) is 16.6. The number of ether oxygens (including phenoxy) is 1. The van der Waals surface area contributed by atoms with Gasteiger partial charge in [0, 0.05) is 24.2 Å². The van der Waals surface area contributed by atoms with Crippen molar-refractivity contribution in [1.29, 1.82) is 0 Å². The number of carbonyl (C=O) groups excluding carboxylic acids is 2. The number of carbonyl (C=O) groups is 2. The Balaban J connectivity index is 1.51. The molecule has 1 aromatic heterocycles. The Morgan fingerprint density at radius 2 is 2.03 bits per heavy atom. The van der Waals surface area contributed by atoms with Crippen LogP contribution in [0.5, 0.6) is 5.75 Å². The zero-order valence-corrected chi connectivity index (χ0v) is 18.9. The number of hydrogen-bond acceptors (Lipinski definition) is 8. The third-order valence-corrected chi connectivity index (χ3v) is 6.10. The van der Waals surface area contributed by atoms with Gasteiger partial charge in [-0.05, 0) is 42.5 Å². The predicted octanol–water partition coefficient (Wildman–Crippen LogP) is 4.36. The molecule has 10 nitrogen and oxygen atoms in total. The van der Waals surface area contributed by atoms with Gasteiger partial charge in [-0.2, -0.15) is 0 Å². The molecule has 2 heterocycles. The van der Waals surface area contributed by atoms with E-state index in [0.717, 1.165) is 0 Å². The Kier molecular flexibility index (Phi) is 6.93. The number of rotatable bonds is 8. The van der Waals surface area contributed by atoms with Gasteiger partial charge in [0.25, 0.3) is 5.69 Å². The zero-order chi connectivity index (χ0) is 24.1. The molecule has 34 heavy (non-hydrogen) atoms. The Morgan fingerprint density at radius 3 is 2.71 bits per heavy atom. The standard InChI is InChI=1S/C23H20N4O6S/c1-32-18-9-7-15(8-10-18)25-23-26(14-19-6-3-11-33-19)22(29)20(34-23)13-21(28)24-16-4-2-5-17(12-16)27(30)31/h2-12,20H,13-14H2,1H3,(H,24,28). The molecule has 1 unspecified atom stereocenters. The Bertz CT molecular complexity index is 1230. The number of hydrogen-bond donors (Lipinski definition) is 1. The maximum Gasteiger partial charge on any atom is 0.271 e. The van der Waals surface area contributed by atoms with E-state index in [1.54, 1.807) is 49.6 Å². The molecule has 11 heteroatoms. The summed E-state index contributed by atoms with van der Waals surface area (Å²) in [5.41, 5.74) is 0.777. The minimum absolute atomic E-state index is 0.123. The molecule has 0 aliphatic carbocycles. The molecular formula is C23H20N4O6S. The van der Waals surface area contributed by atoms with Crippen LogP contribution in [0.1, 0.15) is 12.2 Å². The maximum absolute atomic E-state index is 13.2. The minimum Gasteiger partial charge on any atom is -0.497 e. The number of nitro groups is 1. The van der Waals surface area contributed by atoms with E-state index in [2.05, 4.69) is 10.3 Å². The van der Waals surface area contributed by atoms with Crippen molar-refractivity contribution in [3.63, 3.8) is 0 Å². The van der Waals surface area contributed by atoms with Crippen molar-refractivity contribution in [2.24, 2.45) is 4.99 Å². The molecule has 1 saturated heterocycles. The van der Waals surface area contributed by atoms with Crippen LogP contribution in [0.15, 0.2) is 76.3 Å². The van der Waals surface area contributed by atoms with Crippen molar-refractivity contribution in [2.45, 2.75) is 18.2 Å². The smallest absolute Gasteiger partial charge is 0.271 e. The van der Waals surface area contributed by atoms with E-state index in [0.29, 0.717) is 22.4 Å². The highest BCUT2D eigenvalue weighted by Gasteiger charge is 2.39. The summed E-state index contributed by atoms with van der Waals surface area (Å²) in [6, 6.07) is 16.2. The monoisotopic (exact) mass is 480 g/mol. The van der Waals surface area contributed by atoms with Gasteiger partial charge in [-0.1, -0.05) is 17.8 Å². The molecular weight excluding hydrogens is 460 g/mol. The van der Waals surface area contributed by atoms with Crippen LogP contribution in [-0.4, -0.2) is 39.2 Å². The zero-order valence-electron chi connectivity index (χ0n) is 18.0. The molecule has 2 amide bonds. The molecule has 2 aromatic carbocycles. The number of non-ortho nitro benzene ring substituents is 1. The van der Waals surface area contributed by atoms with Crippen LogP contribution in [0.25, 0.3) is 0 Å². The molecule has 0 spiro atoms. The summed E-state index contributed by atoms with van der Waals surface area (Å²) in [6.45, 7) is 0.177. The van der Waals surface area contributed by atoms with Crippen molar-refractivity contribution in [3.8, 4) is 5.75 Å². The summed E-state index contributed by atoms with van der Waals surface area (Å²) in [5, 5.41) is 13.3. The molecule has 0 bridgehead atoms. The first kappa shape index (κ1) is 23.1. The van der Waals surface area contributed by atoms with Crippen molar-refractivity contribution in [1.82, 2.24) is 4.90 Å². The molecule has 1 aliphatic heterocycles. The second-order valence-corrected chi connectivity index (χ2v) is 8.43. The first-order chi connectivity index (χ1) is 16.4. The lowest BCUT2D eigenvalue weighted by molar-refractivity contribution is -0.384. The average Bonchev–Trinajstić information content (AvgIpc) is 3.44. The van der Waals surface area contributed by atoms with Gasteiger partial charge in [0.15, 0.2) is 5.17 Å². The molecule has 0 saturated carbocycles. The van der Waals surface area contributed by atoms with E-state index >= 15 is 0 Å². The van der Waals surface area contributed by atoms with Gasteiger partial charge < -0.3 is 14.5 Å². The van der Waals surface area contributed by atoms with Crippen molar-refractivity contribution >= 4 is 45.8 Å². The van der Waals surface area contributed by atoms with Crippen molar-refractivity contribution < 1.29 is 23.7 Å². The summed E-state index contributed by atoms with van der Waals surface area (Å²) < 4.78 is 10.6. The third-order valence-electron chi connectivity index (χ3n) is 4.92. The Labute approximate surface area is 198 Å². The lowest BCUT2D eigenvalue weighted by atomic mass is 10.2. The van der Waals surface area contributed by atoms with Crippen LogP contribution in [0.2, 0.25) is 0 Å². The van der Waals surface area contributed by atoms with Gasteiger partial charge in [-0.25, -0.2) is 4.99 Å². The highest BCUT2D eigenvalue weighted by atomic mass is 32.2. The minimum atomic E-state index is -0.703. The predicted molar refractivity (Wildman–Crippen MR) is 127 cm³/mol. The lowest BCUT2D eigenvalue weighted by Gasteiger charge is -2.15. The van der Waals surface area contributed by atoms with Gasteiger partial charge in [-0.15, -0.1) is 0 Å². The van der Waals surface area contributed by atoms with Gasteiger partial charge in [0.2, 0.25) is 11.8 Å². The van der Waals surface area contributed by atoms with Crippen LogP contribution in [-0.2, 0) is 16.1 Å². The van der Waals surface area contributed by atoms with E-state index in [-0.39, 0.29) is 30.2 Å². The Hall–Kier alpha value is -4.12. The second-order valence-electron chi connectivity index (χ2n) is 7.26. The number of benzene rings is 2. The summed E-state index contributed by atoms with van der Waals surface area (Å²) in [6.07, 6.45) is 1.40. The van der Waals surface area contributed by atoms with Crippen LogP contribution >= 0.6 is 11.8 Å². The number of nitrogens with one attached hydrogen (secondary N) is 1.